The molecule has 0 aliphatic carbocycles. The van der Waals surface area contributed by atoms with Gasteiger partial charge in [-0.15, -0.1) is 11.8 Å². The molecule has 0 radical (unpaired) electrons. The van der Waals surface area contributed by atoms with Crippen molar-refractivity contribution in [3.8, 4) is 0 Å². The second-order valence-electron chi connectivity index (χ2n) is 7.36. The molecule has 1 amide bonds. The number of hydrogen-bond acceptors (Lipinski definition) is 5. The first-order chi connectivity index (χ1) is 14.6. The number of carbonyl (C=O) groups is 1. The molecule has 8 heteroatoms. The van der Waals surface area contributed by atoms with Gasteiger partial charge in [0.2, 0.25) is 0 Å². The van der Waals surface area contributed by atoms with E-state index in [4.69, 9.17) is 4.74 Å². The number of nitrogens with zero attached hydrogens (tertiary/aromatic N) is 3. The maximum absolute atomic E-state index is 14.1. The van der Waals surface area contributed by atoms with Gasteiger partial charge in [0.15, 0.2) is 0 Å². The SMILES string of the molecule is CSc1ccc(N2CCOCC2)c(C(=O)N2CCN(c3ccc(F)cc3F)CC2)c1. The van der Waals surface area contributed by atoms with Crippen molar-refractivity contribution in [2.45, 2.75) is 4.90 Å². The van der Waals surface area contributed by atoms with Crippen molar-refractivity contribution in [2.75, 3.05) is 68.5 Å². The molecule has 0 N–H and O–H groups in total. The van der Waals surface area contributed by atoms with E-state index in [-0.39, 0.29) is 5.91 Å². The standard InChI is InChI=1S/C22H25F2N3O2S/c1-30-17-3-5-20(26-10-12-29-13-11-26)18(15-17)22(28)27-8-6-25(7-9-27)21-4-2-16(23)14-19(21)24/h2-5,14-15H,6-13H2,1H3. The first-order valence-corrected chi connectivity index (χ1v) is 11.3. The van der Waals surface area contributed by atoms with Gasteiger partial charge in [0.1, 0.15) is 11.6 Å². The molecule has 0 atom stereocenters. The van der Waals surface area contributed by atoms with Crippen molar-refractivity contribution >= 4 is 29.0 Å². The summed E-state index contributed by atoms with van der Waals surface area (Å²) in [6.45, 7) is 4.81. The minimum atomic E-state index is -0.589. The molecule has 0 bridgehead atoms. The van der Waals surface area contributed by atoms with Crippen LogP contribution in [-0.4, -0.2) is 69.5 Å². The minimum Gasteiger partial charge on any atom is -0.378 e. The Kier molecular flexibility index (Phi) is 6.43. The van der Waals surface area contributed by atoms with Crippen molar-refractivity contribution < 1.29 is 18.3 Å². The molecule has 4 rings (SSSR count). The minimum absolute atomic E-state index is 0.00776. The van der Waals surface area contributed by atoms with Crippen LogP contribution in [0.3, 0.4) is 0 Å². The van der Waals surface area contributed by atoms with Gasteiger partial charge in [0, 0.05) is 55.9 Å². The number of anilines is 2. The lowest BCUT2D eigenvalue weighted by Crippen LogP contribution is -2.49. The van der Waals surface area contributed by atoms with Crippen molar-refractivity contribution in [1.82, 2.24) is 4.90 Å². The van der Waals surface area contributed by atoms with Crippen LogP contribution in [-0.2, 0) is 4.74 Å². The fraction of sp³-hybridized carbons (Fsp3) is 0.409. The molecule has 2 aromatic rings. The quantitative estimate of drug-likeness (QED) is 0.690. The smallest absolute Gasteiger partial charge is 0.256 e. The third-order valence-electron chi connectivity index (χ3n) is 5.60. The van der Waals surface area contributed by atoms with E-state index in [0.717, 1.165) is 29.7 Å². The maximum Gasteiger partial charge on any atom is 0.256 e. The Balaban J connectivity index is 1.51. The van der Waals surface area contributed by atoms with E-state index >= 15 is 0 Å². The second kappa shape index (κ2) is 9.22. The lowest BCUT2D eigenvalue weighted by Gasteiger charge is -2.37. The van der Waals surface area contributed by atoms with Gasteiger partial charge >= 0.3 is 0 Å². The largest absolute Gasteiger partial charge is 0.378 e. The first kappa shape index (κ1) is 20.9. The highest BCUT2D eigenvalue weighted by atomic mass is 32.2. The van der Waals surface area contributed by atoms with Crippen LogP contribution in [0.2, 0.25) is 0 Å². The normalized spacial score (nSPS) is 17.4. The molecule has 2 aromatic carbocycles. The number of hydrogen-bond donors (Lipinski definition) is 0. The lowest BCUT2D eigenvalue weighted by atomic mass is 10.1. The summed E-state index contributed by atoms with van der Waals surface area (Å²) in [5.74, 6) is -1.17. The van der Waals surface area contributed by atoms with Crippen molar-refractivity contribution in [3.05, 3.63) is 53.6 Å². The second-order valence-corrected chi connectivity index (χ2v) is 8.24. The molecule has 2 saturated heterocycles. The predicted octanol–water partition coefficient (Wildman–Crippen LogP) is 3.49. The Morgan fingerprint density at radius 3 is 2.23 bits per heavy atom. The molecule has 2 fully saturated rings. The number of ether oxygens (including phenoxy) is 1. The van der Waals surface area contributed by atoms with E-state index in [1.807, 2.05) is 34.3 Å². The average molecular weight is 434 g/mol. The highest BCUT2D eigenvalue weighted by Crippen LogP contribution is 2.29. The topological polar surface area (TPSA) is 36.0 Å². The highest BCUT2D eigenvalue weighted by molar-refractivity contribution is 7.98. The summed E-state index contributed by atoms with van der Waals surface area (Å²) in [6, 6.07) is 9.65. The van der Waals surface area contributed by atoms with Gasteiger partial charge in [0.25, 0.3) is 5.91 Å². The zero-order valence-corrected chi connectivity index (χ0v) is 17.8. The third kappa shape index (κ3) is 4.39. The van der Waals surface area contributed by atoms with Gasteiger partial charge in [0.05, 0.1) is 24.5 Å². The Hall–Kier alpha value is -2.32. The summed E-state index contributed by atoms with van der Waals surface area (Å²) in [5, 5.41) is 0. The predicted molar refractivity (Wildman–Crippen MR) is 116 cm³/mol. The van der Waals surface area contributed by atoms with Crippen LogP contribution >= 0.6 is 11.8 Å². The number of amides is 1. The molecule has 0 aromatic heterocycles. The fourth-order valence-electron chi connectivity index (χ4n) is 3.95. The van der Waals surface area contributed by atoms with Gasteiger partial charge in [-0.25, -0.2) is 8.78 Å². The summed E-state index contributed by atoms with van der Waals surface area (Å²) >= 11 is 1.61. The first-order valence-electron chi connectivity index (χ1n) is 10.1. The van der Waals surface area contributed by atoms with Gasteiger partial charge in [-0.2, -0.15) is 0 Å². The van der Waals surface area contributed by atoms with E-state index < -0.39 is 11.6 Å². The molecule has 2 aliphatic rings. The molecule has 0 saturated carbocycles. The van der Waals surface area contributed by atoms with Crippen LogP contribution in [0.15, 0.2) is 41.3 Å². The summed E-state index contributed by atoms with van der Waals surface area (Å²) in [7, 11) is 0. The number of benzene rings is 2. The summed E-state index contributed by atoms with van der Waals surface area (Å²) in [5.41, 5.74) is 2.01. The molecular weight excluding hydrogens is 408 g/mol. The van der Waals surface area contributed by atoms with Crippen LogP contribution in [0.1, 0.15) is 10.4 Å². The number of halogens is 2. The van der Waals surface area contributed by atoms with Crippen molar-refractivity contribution in [2.24, 2.45) is 0 Å². The van der Waals surface area contributed by atoms with Gasteiger partial charge in [-0.05, 0) is 36.6 Å². The molecule has 30 heavy (non-hydrogen) atoms. The van der Waals surface area contributed by atoms with Crippen molar-refractivity contribution in [3.63, 3.8) is 0 Å². The van der Waals surface area contributed by atoms with Crippen molar-refractivity contribution in [1.29, 1.82) is 0 Å². The number of morpholine rings is 1. The van der Waals surface area contributed by atoms with Gasteiger partial charge in [-0.1, -0.05) is 0 Å². The number of thioether (sulfide) groups is 1. The average Bonchev–Trinajstić information content (AvgIpc) is 2.79. The lowest BCUT2D eigenvalue weighted by molar-refractivity contribution is 0.0745. The van der Waals surface area contributed by atoms with E-state index in [1.54, 1.807) is 11.8 Å². The Morgan fingerprint density at radius 2 is 1.57 bits per heavy atom. The van der Waals surface area contributed by atoms with Crippen LogP contribution in [0, 0.1) is 11.6 Å². The van der Waals surface area contributed by atoms with Crippen LogP contribution in [0.4, 0.5) is 20.2 Å². The molecule has 5 nitrogen and oxygen atoms in total. The number of piperazine rings is 1. The summed E-state index contributed by atoms with van der Waals surface area (Å²) < 4.78 is 32.8. The molecule has 2 aliphatic heterocycles. The van der Waals surface area contributed by atoms with Gasteiger partial charge in [-0.3, -0.25) is 4.79 Å². The Morgan fingerprint density at radius 1 is 0.900 bits per heavy atom. The molecular formula is C22H25F2N3O2S. The number of carbonyl (C=O) groups excluding carboxylic acids is 1. The summed E-state index contributed by atoms with van der Waals surface area (Å²) in [4.78, 5) is 20.3. The molecule has 2 heterocycles. The monoisotopic (exact) mass is 433 g/mol. The van der Waals surface area contributed by atoms with Gasteiger partial charge < -0.3 is 19.4 Å². The number of rotatable bonds is 4. The zero-order chi connectivity index (χ0) is 21.1. The zero-order valence-electron chi connectivity index (χ0n) is 16.9. The van der Waals surface area contributed by atoms with Crippen LogP contribution < -0.4 is 9.80 Å². The molecule has 160 valence electrons. The fourth-order valence-corrected chi connectivity index (χ4v) is 4.39. The highest BCUT2D eigenvalue weighted by Gasteiger charge is 2.27. The van der Waals surface area contributed by atoms with E-state index in [0.29, 0.717) is 50.6 Å². The van der Waals surface area contributed by atoms with E-state index in [2.05, 4.69) is 4.90 Å². The molecule has 0 spiro atoms. The van der Waals surface area contributed by atoms with Crippen LogP contribution in [0.25, 0.3) is 0 Å². The summed E-state index contributed by atoms with van der Waals surface area (Å²) in [6.07, 6.45) is 1.99. The maximum atomic E-state index is 14.1. The van der Waals surface area contributed by atoms with E-state index in [9.17, 15) is 13.6 Å². The third-order valence-corrected chi connectivity index (χ3v) is 6.33. The molecule has 0 unspecified atom stereocenters. The Labute approximate surface area is 179 Å². The Bertz CT molecular complexity index is 913. The van der Waals surface area contributed by atoms with Crippen LogP contribution in [0.5, 0.6) is 0 Å². The van der Waals surface area contributed by atoms with E-state index in [1.165, 1.54) is 12.1 Å².